The molecule has 8 heteroatoms. The third-order valence-corrected chi connectivity index (χ3v) is 4.98. The summed E-state index contributed by atoms with van der Waals surface area (Å²) in [6.07, 6.45) is 0. The van der Waals surface area contributed by atoms with Crippen LogP contribution in [-0.4, -0.2) is 24.6 Å². The summed E-state index contributed by atoms with van der Waals surface area (Å²) in [5.41, 5.74) is -0.471. The van der Waals surface area contributed by atoms with Gasteiger partial charge >= 0.3 is 5.97 Å². The minimum absolute atomic E-state index is 0.0191. The number of phenolic OH excluding ortho intramolecular Hbond substituents is 1. The summed E-state index contributed by atoms with van der Waals surface area (Å²) in [5, 5.41) is 18.4. The quantitative estimate of drug-likeness (QED) is 0.716. The zero-order valence-corrected chi connectivity index (χ0v) is 12.8. The van der Waals surface area contributed by atoms with E-state index in [-0.39, 0.29) is 21.9 Å². The lowest BCUT2D eigenvalue weighted by Crippen LogP contribution is -2.16. The molecular formula is C13H10BrNO5S. The number of aromatic hydroxyl groups is 1. The lowest BCUT2D eigenvalue weighted by atomic mass is 10.2. The van der Waals surface area contributed by atoms with E-state index in [1.165, 1.54) is 18.2 Å². The van der Waals surface area contributed by atoms with Gasteiger partial charge in [-0.2, -0.15) is 0 Å². The number of anilines is 1. The minimum atomic E-state index is -3.95. The number of nitrogens with one attached hydrogen (secondary N) is 1. The summed E-state index contributed by atoms with van der Waals surface area (Å²) in [5.74, 6) is -1.62. The van der Waals surface area contributed by atoms with Gasteiger partial charge in [0.05, 0.1) is 11.3 Å². The Hall–Kier alpha value is -2.06. The van der Waals surface area contributed by atoms with E-state index in [2.05, 4.69) is 20.7 Å². The minimum Gasteiger partial charge on any atom is -0.508 e. The number of rotatable bonds is 4. The van der Waals surface area contributed by atoms with E-state index in [0.717, 1.165) is 6.07 Å². The van der Waals surface area contributed by atoms with Gasteiger partial charge in [-0.05, 0) is 46.3 Å². The van der Waals surface area contributed by atoms with Crippen LogP contribution in [0.2, 0.25) is 0 Å². The smallest absolute Gasteiger partial charge is 0.337 e. The van der Waals surface area contributed by atoms with Crippen molar-refractivity contribution in [2.75, 3.05) is 4.72 Å². The summed E-state index contributed by atoms with van der Waals surface area (Å²) in [4.78, 5) is 11.1. The summed E-state index contributed by atoms with van der Waals surface area (Å²) in [6, 6.07) is 9.51. The van der Waals surface area contributed by atoms with Crippen LogP contribution in [0.4, 0.5) is 5.69 Å². The van der Waals surface area contributed by atoms with Gasteiger partial charge in [0, 0.05) is 4.47 Å². The molecule has 2 aromatic carbocycles. The number of carboxylic acids is 1. The molecule has 0 aromatic heterocycles. The molecule has 0 bridgehead atoms. The molecule has 0 radical (unpaired) electrons. The molecule has 0 spiro atoms. The average Bonchev–Trinajstić information content (AvgIpc) is 2.40. The number of hydrogen-bond acceptors (Lipinski definition) is 4. The maximum atomic E-state index is 12.3. The second-order valence-corrected chi connectivity index (χ2v) is 6.58. The van der Waals surface area contributed by atoms with Crippen LogP contribution in [0.25, 0.3) is 0 Å². The molecule has 2 rings (SSSR count). The Morgan fingerprint density at radius 1 is 1.14 bits per heavy atom. The van der Waals surface area contributed by atoms with E-state index in [9.17, 15) is 18.3 Å². The number of phenols is 1. The lowest BCUT2D eigenvalue weighted by molar-refractivity contribution is 0.0697. The predicted molar refractivity (Wildman–Crippen MR) is 80.0 cm³/mol. The Kier molecular flexibility index (Phi) is 4.19. The summed E-state index contributed by atoms with van der Waals surface area (Å²) >= 11 is 3.13. The fourth-order valence-corrected chi connectivity index (χ4v) is 3.74. The SMILES string of the molecule is O=C(O)c1cc(O)ccc1NS(=O)(=O)c1ccccc1Br. The molecule has 0 saturated carbocycles. The van der Waals surface area contributed by atoms with Crippen LogP contribution in [0.3, 0.4) is 0 Å². The van der Waals surface area contributed by atoms with Crippen molar-refractivity contribution < 1.29 is 23.4 Å². The summed E-state index contributed by atoms with van der Waals surface area (Å²) in [7, 11) is -3.95. The van der Waals surface area contributed by atoms with Gasteiger partial charge in [-0.3, -0.25) is 4.72 Å². The molecule has 6 nitrogen and oxygen atoms in total. The van der Waals surface area contributed by atoms with Crippen molar-refractivity contribution in [1.82, 2.24) is 0 Å². The zero-order chi connectivity index (χ0) is 15.6. The first-order chi connectivity index (χ1) is 9.81. The molecular weight excluding hydrogens is 362 g/mol. The van der Waals surface area contributed by atoms with Gasteiger partial charge in [0.15, 0.2) is 0 Å². The molecule has 0 atom stereocenters. The second kappa shape index (κ2) is 5.74. The number of aromatic carboxylic acids is 1. The Morgan fingerprint density at radius 2 is 1.81 bits per heavy atom. The van der Waals surface area contributed by atoms with Crippen LogP contribution >= 0.6 is 15.9 Å². The molecule has 110 valence electrons. The van der Waals surface area contributed by atoms with Gasteiger partial charge < -0.3 is 10.2 Å². The van der Waals surface area contributed by atoms with Gasteiger partial charge in [-0.15, -0.1) is 0 Å². The van der Waals surface area contributed by atoms with Gasteiger partial charge in [0.2, 0.25) is 0 Å². The van der Waals surface area contributed by atoms with Crippen LogP contribution in [0.1, 0.15) is 10.4 Å². The third kappa shape index (κ3) is 3.34. The fraction of sp³-hybridized carbons (Fsp3) is 0. The Labute approximate surface area is 129 Å². The number of carbonyl (C=O) groups is 1. The number of carboxylic acid groups (broad SMARTS) is 1. The molecule has 21 heavy (non-hydrogen) atoms. The van der Waals surface area contributed by atoms with Crippen molar-refractivity contribution in [2.45, 2.75) is 4.90 Å². The first-order valence-electron chi connectivity index (χ1n) is 5.65. The average molecular weight is 372 g/mol. The third-order valence-electron chi connectivity index (χ3n) is 2.60. The molecule has 0 aliphatic carbocycles. The van der Waals surface area contributed by atoms with Crippen molar-refractivity contribution >= 4 is 37.6 Å². The van der Waals surface area contributed by atoms with Crippen LogP contribution in [0, 0.1) is 0 Å². The number of sulfonamides is 1. The highest BCUT2D eigenvalue weighted by Crippen LogP contribution is 2.27. The molecule has 0 saturated heterocycles. The van der Waals surface area contributed by atoms with Gasteiger partial charge in [-0.25, -0.2) is 13.2 Å². The molecule has 0 fully saturated rings. The Morgan fingerprint density at radius 3 is 2.43 bits per heavy atom. The Bertz CT molecular complexity index is 804. The number of benzene rings is 2. The number of halogens is 1. The van der Waals surface area contributed by atoms with E-state index in [1.54, 1.807) is 18.2 Å². The van der Waals surface area contributed by atoms with Crippen molar-refractivity contribution in [1.29, 1.82) is 0 Å². The van der Waals surface area contributed by atoms with E-state index >= 15 is 0 Å². The normalized spacial score (nSPS) is 11.1. The maximum absolute atomic E-state index is 12.3. The van der Waals surface area contributed by atoms with Crippen molar-refractivity contribution in [3.63, 3.8) is 0 Å². The lowest BCUT2D eigenvalue weighted by Gasteiger charge is -2.11. The second-order valence-electron chi connectivity index (χ2n) is 4.07. The van der Waals surface area contributed by atoms with Crippen LogP contribution in [-0.2, 0) is 10.0 Å². The first-order valence-corrected chi connectivity index (χ1v) is 7.92. The van der Waals surface area contributed by atoms with Crippen molar-refractivity contribution in [3.8, 4) is 5.75 Å². The molecule has 0 aliphatic heterocycles. The van der Waals surface area contributed by atoms with Crippen molar-refractivity contribution in [3.05, 3.63) is 52.5 Å². The van der Waals surface area contributed by atoms with Gasteiger partial charge in [0.25, 0.3) is 10.0 Å². The molecule has 0 unspecified atom stereocenters. The zero-order valence-electron chi connectivity index (χ0n) is 10.4. The van der Waals surface area contributed by atoms with Crippen LogP contribution < -0.4 is 4.72 Å². The van der Waals surface area contributed by atoms with Gasteiger partial charge in [-0.1, -0.05) is 12.1 Å². The van der Waals surface area contributed by atoms with E-state index in [0.29, 0.717) is 4.47 Å². The predicted octanol–water partition coefficient (Wildman–Crippen LogP) is 2.65. The van der Waals surface area contributed by atoms with Crippen molar-refractivity contribution in [2.24, 2.45) is 0 Å². The van der Waals surface area contributed by atoms with Crippen LogP contribution in [0.5, 0.6) is 5.75 Å². The maximum Gasteiger partial charge on any atom is 0.337 e. The summed E-state index contributed by atoms with van der Waals surface area (Å²) in [6.45, 7) is 0. The molecule has 0 heterocycles. The van der Waals surface area contributed by atoms with E-state index < -0.39 is 16.0 Å². The highest BCUT2D eigenvalue weighted by atomic mass is 79.9. The standard InChI is InChI=1S/C13H10BrNO5S/c14-10-3-1-2-4-12(10)21(19,20)15-11-6-5-8(16)7-9(11)13(17)18/h1-7,15-16H,(H,17,18). The monoisotopic (exact) mass is 371 g/mol. The number of hydrogen-bond donors (Lipinski definition) is 3. The van der Waals surface area contributed by atoms with Crippen LogP contribution in [0.15, 0.2) is 51.8 Å². The Balaban J connectivity index is 2.47. The summed E-state index contributed by atoms with van der Waals surface area (Å²) < 4.78 is 27.1. The van der Waals surface area contributed by atoms with E-state index in [1.807, 2.05) is 0 Å². The molecule has 2 aromatic rings. The molecule has 3 N–H and O–H groups in total. The van der Waals surface area contributed by atoms with Gasteiger partial charge in [0.1, 0.15) is 10.6 Å². The fourth-order valence-electron chi connectivity index (χ4n) is 1.66. The molecule has 0 aliphatic rings. The largest absolute Gasteiger partial charge is 0.508 e. The highest BCUT2D eigenvalue weighted by molar-refractivity contribution is 9.10. The molecule has 0 amide bonds. The first kappa shape index (κ1) is 15.3. The van der Waals surface area contributed by atoms with E-state index in [4.69, 9.17) is 5.11 Å². The topological polar surface area (TPSA) is 104 Å². The highest BCUT2D eigenvalue weighted by Gasteiger charge is 2.20.